The van der Waals surface area contributed by atoms with Crippen LogP contribution >= 0.6 is 0 Å². The number of rotatable bonds is 7. The van der Waals surface area contributed by atoms with Crippen LogP contribution in [-0.4, -0.2) is 22.8 Å². The van der Waals surface area contributed by atoms with Crippen LogP contribution in [0.1, 0.15) is 50.8 Å². The molecular formula is C16H24O4. The van der Waals surface area contributed by atoms with Crippen molar-refractivity contribution in [3.63, 3.8) is 0 Å². The normalized spacial score (nSPS) is 13.1. The van der Waals surface area contributed by atoms with E-state index >= 15 is 0 Å². The van der Waals surface area contributed by atoms with Gasteiger partial charge in [-0.15, -0.1) is 0 Å². The van der Waals surface area contributed by atoms with Crippen LogP contribution in [-0.2, 0) is 4.79 Å². The fourth-order valence-electron chi connectivity index (χ4n) is 2.33. The summed E-state index contributed by atoms with van der Waals surface area (Å²) in [6.07, 6.45) is -0.325. The molecule has 0 aliphatic carbocycles. The first-order valence-electron chi connectivity index (χ1n) is 6.88. The minimum atomic E-state index is -0.850. The molecule has 0 aromatic heterocycles. The average Bonchev–Trinajstić information content (AvgIpc) is 2.29. The molecule has 0 saturated carbocycles. The van der Waals surface area contributed by atoms with Crippen molar-refractivity contribution in [1.29, 1.82) is 0 Å². The number of aliphatic hydroxyl groups excluding tert-OH is 1. The summed E-state index contributed by atoms with van der Waals surface area (Å²) in [6.45, 7) is 8.07. The second-order valence-electron chi connectivity index (χ2n) is 5.93. The van der Waals surface area contributed by atoms with Gasteiger partial charge in [0.15, 0.2) is 0 Å². The van der Waals surface area contributed by atoms with Crippen molar-refractivity contribution in [3.8, 4) is 5.75 Å². The summed E-state index contributed by atoms with van der Waals surface area (Å²) in [5.41, 5.74) is 1.29. The Labute approximate surface area is 120 Å². The number of hydrogen-bond donors (Lipinski definition) is 2. The van der Waals surface area contributed by atoms with Crippen molar-refractivity contribution < 1.29 is 19.7 Å². The Balaban J connectivity index is 2.93. The molecule has 4 heteroatoms. The van der Waals surface area contributed by atoms with E-state index in [0.29, 0.717) is 18.8 Å². The molecule has 1 aromatic rings. The lowest BCUT2D eigenvalue weighted by molar-refractivity contribution is -0.139. The number of aryl methyl sites for hydroxylation is 1. The largest absolute Gasteiger partial charge is 0.493 e. The van der Waals surface area contributed by atoms with Gasteiger partial charge in [0.1, 0.15) is 5.75 Å². The molecule has 0 aliphatic heterocycles. The SMILES string of the molecule is CCOc1ccc(C)cc1C(O)CC(C)(C)CC(=O)O. The summed E-state index contributed by atoms with van der Waals surface area (Å²) in [7, 11) is 0. The minimum absolute atomic E-state index is 0.0276. The quantitative estimate of drug-likeness (QED) is 0.804. The zero-order chi connectivity index (χ0) is 15.3. The maximum absolute atomic E-state index is 10.9. The summed E-state index contributed by atoms with van der Waals surface area (Å²) >= 11 is 0. The van der Waals surface area contributed by atoms with E-state index < -0.39 is 17.5 Å². The van der Waals surface area contributed by atoms with Gasteiger partial charge in [0.25, 0.3) is 0 Å². The zero-order valence-electron chi connectivity index (χ0n) is 12.6. The van der Waals surface area contributed by atoms with Crippen LogP contribution in [0.5, 0.6) is 5.75 Å². The second kappa shape index (κ2) is 6.75. The average molecular weight is 280 g/mol. The van der Waals surface area contributed by atoms with Crippen LogP contribution in [0.25, 0.3) is 0 Å². The smallest absolute Gasteiger partial charge is 0.303 e. The fraction of sp³-hybridized carbons (Fsp3) is 0.562. The van der Waals surface area contributed by atoms with Crippen LogP contribution in [0, 0.1) is 12.3 Å². The van der Waals surface area contributed by atoms with E-state index in [2.05, 4.69) is 0 Å². The number of ether oxygens (including phenoxy) is 1. The standard InChI is InChI=1S/C16H24O4/c1-5-20-14-7-6-11(2)8-12(14)13(17)9-16(3,4)10-15(18)19/h6-8,13,17H,5,9-10H2,1-4H3,(H,18,19). The number of hydrogen-bond acceptors (Lipinski definition) is 3. The lowest BCUT2D eigenvalue weighted by atomic mass is 9.81. The summed E-state index contributed by atoms with van der Waals surface area (Å²) in [5.74, 6) is -0.187. The minimum Gasteiger partial charge on any atom is -0.493 e. The first-order chi connectivity index (χ1) is 9.25. The van der Waals surface area contributed by atoms with Crippen molar-refractivity contribution >= 4 is 5.97 Å². The van der Waals surface area contributed by atoms with Crippen LogP contribution < -0.4 is 4.74 Å². The lowest BCUT2D eigenvalue weighted by Crippen LogP contribution is -2.20. The Hall–Kier alpha value is -1.55. The molecule has 0 bridgehead atoms. The van der Waals surface area contributed by atoms with E-state index in [0.717, 1.165) is 11.1 Å². The van der Waals surface area contributed by atoms with Gasteiger partial charge in [-0.25, -0.2) is 0 Å². The molecule has 0 fully saturated rings. The molecule has 2 N–H and O–H groups in total. The van der Waals surface area contributed by atoms with Gasteiger partial charge in [-0.1, -0.05) is 25.5 Å². The fourth-order valence-corrected chi connectivity index (χ4v) is 2.33. The van der Waals surface area contributed by atoms with Crippen LogP contribution in [0.4, 0.5) is 0 Å². The summed E-state index contributed by atoms with van der Waals surface area (Å²) in [6, 6.07) is 5.68. The molecule has 112 valence electrons. The molecular weight excluding hydrogens is 256 g/mol. The van der Waals surface area contributed by atoms with Crippen LogP contribution in [0.3, 0.4) is 0 Å². The van der Waals surface area contributed by atoms with Crippen molar-refractivity contribution in [3.05, 3.63) is 29.3 Å². The summed E-state index contributed by atoms with van der Waals surface area (Å²) < 4.78 is 5.53. The van der Waals surface area contributed by atoms with Gasteiger partial charge < -0.3 is 14.9 Å². The Morgan fingerprint density at radius 1 is 1.40 bits per heavy atom. The molecule has 1 aromatic carbocycles. The highest BCUT2D eigenvalue weighted by Gasteiger charge is 2.27. The Bertz CT molecular complexity index is 466. The number of benzene rings is 1. The molecule has 0 amide bonds. The Morgan fingerprint density at radius 2 is 2.05 bits per heavy atom. The predicted octanol–water partition coefficient (Wildman–Crippen LogP) is 3.32. The number of carboxylic acids is 1. The monoisotopic (exact) mass is 280 g/mol. The highest BCUT2D eigenvalue weighted by Crippen LogP contribution is 2.36. The van der Waals surface area contributed by atoms with Crippen molar-refractivity contribution in [2.75, 3.05) is 6.61 Å². The molecule has 20 heavy (non-hydrogen) atoms. The Morgan fingerprint density at radius 3 is 2.60 bits per heavy atom. The molecule has 1 atom stereocenters. The molecule has 1 rings (SSSR count). The zero-order valence-corrected chi connectivity index (χ0v) is 12.6. The number of carboxylic acid groups (broad SMARTS) is 1. The molecule has 0 aliphatic rings. The first-order valence-corrected chi connectivity index (χ1v) is 6.88. The molecule has 4 nitrogen and oxygen atoms in total. The third-order valence-corrected chi connectivity index (χ3v) is 3.20. The van der Waals surface area contributed by atoms with Crippen molar-refractivity contribution in [2.24, 2.45) is 5.41 Å². The van der Waals surface area contributed by atoms with E-state index in [-0.39, 0.29) is 6.42 Å². The molecule has 0 radical (unpaired) electrons. The molecule has 1 unspecified atom stereocenters. The maximum Gasteiger partial charge on any atom is 0.303 e. The first kappa shape index (κ1) is 16.5. The topological polar surface area (TPSA) is 66.8 Å². The van der Waals surface area contributed by atoms with Gasteiger partial charge in [0, 0.05) is 5.56 Å². The highest BCUT2D eigenvalue weighted by atomic mass is 16.5. The van der Waals surface area contributed by atoms with E-state index in [1.807, 2.05) is 45.9 Å². The highest BCUT2D eigenvalue weighted by molar-refractivity contribution is 5.67. The lowest BCUT2D eigenvalue weighted by Gasteiger charge is -2.26. The van der Waals surface area contributed by atoms with E-state index in [1.165, 1.54) is 0 Å². The molecule has 0 heterocycles. The predicted molar refractivity (Wildman–Crippen MR) is 78.0 cm³/mol. The summed E-state index contributed by atoms with van der Waals surface area (Å²) in [4.78, 5) is 10.9. The maximum atomic E-state index is 10.9. The number of aliphatic hydroxyl groups is 1. The third kappa shape index (κ3) is 4.85. The van der Waals surface area contributed by atoms with E-state index in [4.69, 9.17) is 9.84 Å². The van der Waals surface area contributed by atoms with Crippen molar-refractivity contribution in [1.82, 2.24) is 0 Å². The summed E-state index contributed by atoms with van der Waals surface area (Å²) in [5, 5.41) is 19.3. The van der Waals surface area contributed by atoms with E-state index in [1.54, 1.807) is 0 Å². The second-order valence-corrected chi connectivity index (χ2v) is 5.93. The van der Waals surface area contributed by atoms with Gasteiger partial charge in [0.05, 0.1) is 19.1 Å². The van der Waals surface area contributed by atoms with E-state index in [9.17, 15) is 9.90 Å². The molecule has 0 saturated heterocycles. The van der Waals surface area contributed by atoms with Crippen molar-refractivity contribution in [2.45, 2.75) is 46.6 Å². The van der Waals surface area contributed by atoms with Gasteiger partial charge in [0.2, 0.25) is 0 Å². The van der Waals surface area contributed by atoms with Gasteiger partial charge in [-0.05, 0) is 37.8 Å². The Kier molecular flexibility index (Phi) is 5.57. The van der Waals surface area contributed by atoms with Crippen LogP contribution in [0.2, 0.25) is 0 Å². The van der Waals surface area contributed by atoms with Gasteiger partial charge in [-0.2, -0.15) is 0 Å². The molecule has 0 spiro atoms. The number of carbonyl (C=O) groups is 1. The van der Waals surface area contributed by atoms with Gasteiger partial charge in [-0.3, -0.25) is 4.79 Å². The van der Waals surface area contributed by atoms with Gasteiger partial charge >= 0.3 is 5.97 Å². The van der Waals surface area contributed by atoms with Crippen LogP contribution in [0.15, 0.2) is 18.2 Å². The third-order valence-electron chi connectivity index (χ3n) is 3.20. The number of aliphatic carboxylic acids is 1.